The second-order valence-corrected chi connectivity index (χ2v) is 5.16. The van der Waals surface area contributed by atoms with E-state index in [4.69, 9.17) is 5.11 Å². The lowest BCUT2D eigenvalue weighted by Gasteiger charge is -2.15. The number of aliphatic carboxylic acids is 1. The largest absolute Gasteiger partial charge is 0.481 e. The molecular weight excluding hydrogens is 409 g/mol. The number of halogens is 7. The van der Waals surface area contributed by atoms with E-state index in [-0.39, 0.29) is 12.1 Å². The predicted molar refractivity (Wildman–Crippen MR) is 61.2 cm³/mol. The van der Waals surface area contributed by atoms with E-state index in [1.54, 1.807) is 0 Å². The molecule has 0 fully saturated rings. The lowest BCUT2D eigenvalue weighted by molar-refractivity contribution is -0.144. The van der Waals surface area contributed by atoms with Crippen LogP contribution in [0.15, 0.2) is 12.1 Å². The Balaban J connectivity index is 3.64. The second-order valence-electron chi connectivity index (χ2n) is 3.64. The molecule has 0 aromatic heterocycles. The summed E-state index contributed by atoms with van der Waals surface area (Å²) in [6.07, 6.45) is -11.3. The number of hydrogen-bond donors (Lipinski definition) is 1. The molecule has 0 saturated heterocycles. The van der Waals surface area contributed by atoms with Crippen molar-refractivity contribution in [1.82, 2.24) is 0 Å². The van der Waals surface area contributed by atoms with Crippen molar-refractivity contribution in [2.24, 2.45) is 0 Å². The maximum Gasteiger partial charge on any atom is 0.417 e. The molecule has 0 amide bonds. The Kier molecular flexibility index (Phi) is 4.77. The molecule has 1 N–H and O–H groups in total. The van der Waals surface area contributed by atoms with Crippen molar-refractivity contribution >= 4 is 27.2 Å². The Morgan fingerprint density at radius 2 is 1.65 bits per heavy atom. The third kappa shape index (κ3) is 3.90. The lowest BCUT2D eigenvalue weighted by atomic mass is 10.0. The Bertz CT molecular complexity index is 549. The van der Waals surface area contributed by atoms with E-state index in [0.717, 1.165) is 0 Å². The molecule has 1 aromatic rings. The number of carboxylic acid groups (broad SMARTS) is 1. The Morgan fingerprint density at radius 1 is 1.10 bits per heavy atom. The second kappa shape index (κ2) is 5.66. The quantitative estimate of drug-likeness (QED) is 0.605. The monoisotopic (exact) mass is 414 g/mol. The molecule has 0 aliphatic rings. The van der Waals surface area contributed by atoms with Crippen LogP contribution >= 0.6 is 21.2 Å². The maximum absolute atomic E-state index is 12.7. The van der Waals surface area contributed by atoms with E-state index in [1.807, 2.05) is 0 Å². The normalized spacial score (nSPS) is 12.5. The maximum atomic E-state index is 12.7. The first-order valence-corrected chi connectivity index (χ1v) is 6.73. The third-order valence-electron chi connectivity index (χ3n) is 2.20. The summed E-state index contributed by atoms with van der Waals surface area (Å²) in [5, 5.41) is 8.52. The fourth-order valence-corrected chi connectivity index (χ4v) is 2.77. The molecule has 0 unspecified atom stereocenters. The molecule has 0 radical (unpaired) electrons. The fraction of sp³-hybridized carbons (Fsp3) is 0.300. The van der Waals surface area contributed by atoms with Crippen LogP contribution in [0.5, 0.6) is 0 Å². The Hall–Kier alpha value is -1.20. The SMILES string of the molecule is O=Ic1c(CC(=O)O)cc(C(F)(F)F)cc1C(F)(F)F. The molecule has 1 rings (SSSR count). The van der Waals surface area contributed by atoms with Crippen LogP contribution in [0.2, 0.25) is 0 Å². The average Bonchev–Trinajstić information content (AvgIpc) is 2.24. The smallest absolute Gasteiger partial charge is 0.417 e. The number of carbonyl (C=O) groups is 1. The molecule has 112 valence electrons. The van der Waals surface area contributed by atoms with Gasteiger partial charge in [0.05, 0.1) is 21.1 Å². The van der Waals surface area contributed by atoms with Crippen molar-refractivity contribution in [3.8, 4) is 0 Å². The number of hydrogen-bond acceptors (Lipinski definition) is 2. The van der Waals surface area contributed by atoms with E-state index >= 15 is 0 Å². The Morgan fingerprint density at radius 3 is 2.00 bits per heavy atom. The molecule has 10 heteroatoms. The summed E-state index contributed by atoms with van der Waals surface area (Å²) >= 11 is -2.48. The van der Waals surface area contributed by atoms with Crippen LogP contribution in [0, 0.1) is 3.57 Å². The van der Waals surface area contributed by atoms with Crippen LogP contribution in [-0.2, 0) is 26.6 Å². The first kappa shape index (κ1) is 16.9. The van der Waals surface area contributed by atoms with Crippen LogP contribution < -0.4 is 0 Å². The van der Waals surface area contributed by atoms with E-state index in [2.05, 4.69) is 0 Å². The van der Waals surface area contributed by atoms with Crippen molar-refractivity contribution in [2.75, 3.05) is 0 Å². The van der Waals surface area contributed by atoms with Gasteiger partial charge in [0.15, 0.2) is 21.2 Å². The minimum absolute atomic E-state index is 0.154. The summed E-state index contributed by atoms with van der Waals surface area (Å²) < 4.78 is 85.7. The molecule has 0 bridgehead atoms. The summed E-state index contributed by atoms with van der Waals surface area (Å²) in [5.41, 5.74) is -4.06. The van der Waals surface area contributed by atoms with Crippen LogP contribution in [0.3, 0.4) is 0 Å². The topological polar surface area (TPSA) is 54.4 Å². The van der Waals surface area contributed by atoms with Crippen LogP contribution in [0.25, 0.3) is 0 Å². The van der Waals surface area contributed by atoms with Gasteiger partial charge in [-0.25, -0.2) is 0 Å². The molecule has 0 aliphatic carbocycles. The van der Waals surface area contributed by atoms with Gasteiger partial charge in [0.2, 0.25) is 0 Å². The molecular formula is C10H5F6IO3. The Labute approximate surface area is 118 Å². The number of benzene rings is 1. The highest BCUT2D eigenvalue weighted by atomic mass is 127. The highest BCUT2D eigenvalue weighted by Gasteiger charge is 2.40. The van der Waals surface area contributed by atoms with Gasteiger partial charge in [0, 0.05) is 0 Å². The van der Waals surface area contributed by atoms with Crippen molar-refractivity contribution in [3.05, 3.63) is 32.4 Å². The van der Waals surface area contributed by atoms with Crippen molar-refractivity contribution < 1.29 is 39.3 Å². The minimum Gasteiger partial charge on any atom is -0.481 e. The van der Waals surface area contributed by atoms with Crippen LogP contribution in [0.1, 0.15) is 16.7 Å². The summed E-state index contributed by atoms with van der Waals surface area (Å²) in [4.78, 5) is 10.5. The summed E-state index contributed by atoms with van der Waals surface area (Å²) in [7, 11) is 0. The van der Waals surface area contributed by atoms with E-state index < -0.39 is 66.2 Å². The summed E-state index contributed by atoms with van der Waals surface area (Å²) in [6, 6.07) is 0.134. The highest BCUT2D eigenvalue weighted by molar-refractivity contribution is 14.1. The van der Waals surface area contributed by atoms with Crippen molar-refractivity contribution in [3.63, 3.8) is 0 Å². The lowest BCUT2D eigenvalue weighted by Crippen LogP contribution is -2.16. The van der Waals surface area contributed by atoms with Gasteiger partial charge in [-0.1, -0.05) is 0 Å². The average molecular weight is 414 g/mol. The molecule has 3 nitrogen and oxygen atoms in total. The first-order chi connectivity index (χ1) is 8.96. The molecule has 0 heterocycles. The van der Waals surface area contributed by atoms with Gasteiger partial charge in [0.1, 0.15) is 0 Å². The first-order valence-electron chi connectivity index (χ1n) is 4.77. The molecule has 0 spiro atoms. The van der Waals surface area contributed by atoms with Gasteiger partial charge in [0.25, 0.3) is 0 Å². The van der Waals surface area contributed by atoms with E-state index in [1.165, 1.54) is 0 Å². The highest BCUT2D eigenvalue weighted by Crippen LogP contribution is 2.40. The van der Waals surface area contributed by atoms with Crippen LogP contribution in [-0.4, -0.2) is 11.1 Å². The molecule has 20 heavy (non-hydrogen) atoms. The van der Waals surface area contributed by atoms with Gasteiger partial charge in [-0.05, 0) is 17.7 Å². The zero-order valence-corrected chi connectivity index (χ0v) is 11.4. The van der Waals surface area contributed by atoms with Gasteiger partial charge in [-0.3, -0.25) is 7.86 Å². The van der Waals surface area contributed by atoms with Gasteiger partial charge < -0.3 is 5.11 Å². The van der Waals surface area contributed by atoms with Crippen LogP contribution in [0.4, 0.5) is 26.3 Å². The molecule has 0 saturated carbocycles. The summed E-state index contributed by atoms with van der Waals surface area (Å²) in [5.74, 6) is -1.61. The summed E-state index contributed by atoms with van der Waals surface area (Å²) in [6.45, 7) is 0. The number of alkyl halides is 6. The van der Waals surface area contributed by atoms with Gasteiger partial charge in [-0.2, -0.15) is 26.3 Å². The van der Waals surface area contributed by atoms with Gasteiger partial charge in [-0.15, -0.1) is 0 Å². The molecule has 0 atom stereocenters. The molecule has 0 aliphatic heterocycles. The van der Waals surface area contributed by atoms with E-state index in [0.29, 0.717) is 0 Å². The minimum atomic E-state index is -5.14. The zero-order chi connectivity index (χ0) is 15.7. The number of rotatable bonds is 3. The standard InChI is InChI=1S/C10H5F6IO3/c11-9(12,13)5-1-4(2-7(18)19)8(17-20)6(3-5)10(14,15)16/h1,3H,2H2,(H,18,19). The zero-order valence-electron chi connectivity index (χ0n) is 9.27. The van der Waals surface area contributed by atoms with Gasteiger partial charge >= 0.3 is 18.3 Å². The fourth-order valence-electron chi connectivity index (χ4n) is 1.44. The third-order valence-corrected chi connectivity index (χ3v) is 3.91. The molecule has 1 aromatic carbocycles. The van der Waals surface area contributed by atoms with E-state index in [9.17, 15) is 34.2 Å². The number of carboxylic acids is 1. The van der Waals surface area contributed by atoms with Crippen molar-refractivity contribution in [2.45, 2.75) is 18.8 Å². The van der Waals surface area contributed by atoms with Crippen molar-refractivity contribution in [1.29, 1.82) is 0 Å². The predicted octanol–water partition coefficient (Wildman–Crippen LogP) is 3.84.